The topological polar surface area (TPSA) is 82.8 Å². The normalized spacial score (nSPS) is 10.8. The molecule has 0 N–H and O–H groups in total. The Bertz CT molecular complexity index is 1250. The minimum absolute atomic E-state index is 0.199. The number of carbonyl (C=O) groups excluding carboxylic acids is 2. The minimum atomic E-state index is -0.517. The van der Waals surface area contributed by atoms with E-state index in [4.69, 9.17) is 9.47 Å². The Balaban J connectivity index is 1.61. The number of benzene rings is 2. The first kappa shape index (κ1) is 20.2. The van der Waals surface area contributed by atoms with E-state index in [2.05, 4.69) is 10.1 Å². The summed E-state index contributed by atoms with van der Waals surface area (Å²) in [4.78, 5) is 29.1. The molecule has 0 atom stereocenters. The summed E-state index contributed by atoms with van der Waals surface area (Å²) in [5.74, 6) is -0.937. The fourth-order valence-corrected chi connectivity index (χ4v) is 3.03. The largest absolute Gasteiger partial charge is 0.481 e. The molecule has 2 aromatic heterocycles. The van der Waals surface area contributed by atoms with Gasteiger partial charge < -0.3 is 9.47 Å². The van der Waals surface area contributed by atoms with Gasteiger partial charge in [0.2, 0.25) is 5.78 Å². The lowest BCUT2D eigenvalue weighted by Crippen LogP contribution is -2.16. The van der Waals surface area contributed by atoms with Gasteiger partial charge >= 0.3 is 5.97 Å². The highest BCUT2D eigenvalue weighted by atomic mass is 19.1. The predicted octanol–water partition coefficient (Wildman–Crippen LogP) is 3.71. The van der Waals surface area contributed by atoms with E-state index in [0.29, 0.717) is 11.3 Å². The Morgan fingerprint density at radius 1 is 1.06 bits per heavy atom. The summed E-state index contributed by atoms with van der Waals surface area (Å²) < 4.78 is 25.0. The van der Waals surface area contributed by atoms with Crippen LogP contribution in [0.4, 0.5) is 4.39 Å². The maximum atomic E-state index is 13.2. The second-order valence-electron chi connectivity index (χ2n) is 6.57. The lowest BCUT2D eigenvalue weighted by molar-refractivity contribution is -0.145. The zero-order valence-electron chi connectivity index (χ0n) is 16.6. The summed E-state index contributed by atoms with van der Waals surface area (Å²) in [6.45, 7) is 1.65. The van der Waals surface area contributed by atoms with E-state index >= 15 is 0 Å². The molecular formula is C23H18FN3O4. The monoisotopic (exact) mass is 419 g/mol. The third-order valence-corrected chi connectivity index (χ3v) is 4.48. The molecule has 0 radical (unpaired) electrons. The molecule has 0 saturated carbocycles. The molecule has 7 nitrogen and oxygen atoms in total. The molecule has 156 valence electrons. The number of ether oxygens (including phenoxy) is 2. The number of para-hydroxylation sites is 1. The quantitative estimate of drug-likeness (QED) is 0.336. The van der Waals surface area contributed by atoms with Gasteiger partial charge in [-0.25, -0.2) is 18.7 Å². The van der Waals surface area contributed by atoms with Crippen LogP contribution in [0.2, 0.25) is 0 Å². The van der Waals surface area contributed by atoms with Gasteiger partial charge in [0, 0.05) is 17.8 Å². The number of ketones is 1. The Morgan fingerprint density at radius 2 is 1.84 bits per heavy atom. The van der Waals surface area contributed by atoms with Crippen molar-refractivity contribution < 1.29 is 23.5 Å². The number of hydrogen-bond donors (Lipinski definition) is 0. The molecule has 0 amide bonds. The summed E-state index contributed by atoms with van der Waals surface area (Å²) in [7, 11) is 0. The van der Waals surface area contributed by atoms with Gasteiger partial charge in [-0.05, 0) is 49.4 Å². The lowest BCUT2D eigenvalue weighted by Gasteiger charge is -2.10. The first-order valence-electron chi connectivity index (χ1n) is 9.59. The van der Waals surface area contributed by atoms with Crippen molar-refractivity contribution in [1.82, 2.24) is 14.6 Å². The smallest absolute Gasteiger partial charge is 0.344 e. The van der Waals surface area contributed by atoms with Gasteiger partial charge in [-0.1, -0.05) is 12.1 Å². The van der Waals surface area contributed by atoms with E-state index in [1.807, 2.05) is 0 Å². The molecule has 4 aromatic rings. The van der Waals surface area contributed by atoms with Crippen LogP contribution in [0.25, 0.3) is 16.9 Å². The molecule has 0 aliphatic carbocycles. The van der Waals surface area contributed by atoms with Crippen molar-refractivity contribution in [2.75, 3.05) is 13.2 Å². The van der Waals surface area contributed by atoms with Crippen LogP contribution in [0.1, 0.15) is 23.0 Å². The molecule has 31 heavy (non-hydrogen) atoms. The van der Waals surface area contributed by atoms with Gasteiger partial charge in [0.1, 0.15) is 17.3 Å². The number of nitrogens with zero attached hydrogens (tertiary/aromatic N) is 3. The number of carbonyl (C=O) groups is 2. The molecule has 2 aromatic carbocycles. The number of halogens is 1. The highest BCUT2D eigenvalue weighted by Gasteiger charge is 2.18. The van der Waals surface area contributed by atoms with Crippen LogP contribution in [-0.4, -0.2) is 39.6 Å². The molecule has 0 fully saturated rings. The van der Waals surface area contributed by atoms with Crippen molar-refractivity contribution in [2.24, 2.45) is 0 Å². The molecule has 4 rings (SSSR count). The van der Waals surface area contributed by atoms with Crippen molar-refractivity contribution in [3.05, 3.63) is 83.9 Å². The van der Waals surface area contributed by atoms with Gasteiger partial charge in [-0.3, -0.25) is 4.79 Å². The van der Waals surface area contributed by atoms with Gasteiger partial charge in [-0.2, -0.15) is 5.10 Å². The van der Waals surface area contributed by atoms with Crippen LogP contribution in [-0.2, 0) is 9.53 Å². The van der Waals surface area contributed by atoms with Crippen molar-refractivity contribution in [3.63, 3.8) is 0 Å². The lowest BCUT2D eigenvalue weighted by atomic mass is 10.1. The SMILES string of the molecule is CCOC(=O)COc1ccccc1C(=O)c1ccn2nc(-c3ccc(F)cc3)cc2n1. The van der Waals surface area contributed by atoms with Crippen LogP contribution >= 0.6 is 0 Å². The van der Waals surface area contributed by atoms with Crippen LogP contribution < -0.4 is 4.74 Å². The third-order valence-electron chi connectivity index (χ3n) is 4.48. The van der Waals surface area contributed by atoms with Crippen molar-refractivity contribution in [1.29, 1.82) is 0 Å². The van der Waals surface area contributed by atoms with Gasteiger partial charge in [0.15, 0.2) is 12.3 Å². The average molecular weight is 419 g/mol. The summed E-state index contributed by atoms with van der Waals surface area (Å²) in [5.41, 5.74) is 2.29. The fraction of sp³-hybridized carbons (Fsp3) is 0.130. The highest BCUT2D eigenvalue weighted by molar-refractivity contribution is 6.09. The molecule has 0 bridgehead atoms. The van der Waals surface area contributed by atoms with E-state index in [1.165, 1.54) is 12.1 Å². The van der Waals surface area contributed by atoms with E-state index in [-0.39, 0.29) is 41.8 Å². The van der Waals surface area contributed by atoms with E-state index < -0.39 is 5.97 Å². The number of esters is 1. The van der Waals surface area contributed by atoms with Crippen molar-refractivity contribution in [3.8, 4) is 17.0 Å². The Morgan fingerprint density at radius 3 is 2.61 bits per heavy atom. The second-order valence-corrected chi connectivity index (χ2v) is 6.57. The highest BCUT2D eigenvalue weighted by Crippen LogP contribution is 2.23. The van der Waals surface area contributed by atoms with Crippen molar-refractivity contribution >= 4 is 17.4 Å². The Kier molecular flexibility index (Phi) is 5.70. The van der Waals surface area contributed by atoms with E-state index in [1.54, 1.807) is 66.2 Å². The molecule has 0 spiro atoms. The third kappa shape index (κ3) is 4.42. The maximum absolute atomic E-state index is 13.2. The molecule has 0 unspecified atom stereocenters. The number of rotatable bonds is 7. The van der Waals surface area contributed by atoms with Crippen LogP contribution in [0, 0.1) is 5.82 Å². The summed E-state index contributed by atoms with van der Waals surface area (Å²) in [6.07, 6.45) is 1.63. The van der Waals surface area contributed by atoms with E-state index in [9.17, 15) is 14.0 Å². The van der Waals surface area contributed by atoms with Crippen LogP contribution in [0.5, 0.6) is 5.75 Å². The molecule has 2 heterocycles. The van der Waals surface area contributed by atoms with Gasteiger partial charge in [0.05, 0.1) is 17.9 Å². The fourth-order valence-electron chi connectivity index (χ4n) is 3.03. The molecule has 0 aliphatic rings. The van der Waals surface area contributed by atoms with Crippen molar-refractivity contribution in [2.45, 2.75) is 6.92 Å². The number of fused-ring (bicyclic) bond motifs is 1. The summed E-state index contributed by atoms with van der Waals surface area (Å²) >= 11 is 0. The summed E-state index contributed by atoms with van der Waals surface area (Å²) in [5, 5.41) is 4.41. The van der Waals surface area contributed by atoms with Gasteiger partial charge in [0.25, 0.3) is 0 Å². The summed E-state index contributed by atoms with van der Waals surface area (Å²) in [6, 6.07) is 15.9. The van der Waals surface area contributed by atoms with E-state index in [0.717, 1.165) is 5.56 Å². The van der Waals surface area contributed by atoms with Gasteiger partial charge in [-0.15, -0.1) is 0 Å². The predicted molar refractivity (Wildman–Crippen MR) is 110 cm³/mol. The Hall–Kier alpha value is -4.07. The first-order chi connectivity index (χ1) is 15.0. The molecule has 0 aliphatic heterocycles. The first-order valence-corrected chi connectivity index (χ1v) is 9.59. The number of aromatic nitrogens is 3. The molecular weight excluding hydrogens is 401 g/mol. The molecule has 8 heteroatoms. The zero-order chi connectivity index (χ0) is 21.8. The standard InChI is InChI=1S/C23H18FN3O4/c1-2-30-22(28)14-31-20-6-4-3-5-17(20)23(29)18-11-12-27-21(25-18)13-19(26-27)15-7-9-16(24)10-8-15/h3-13H,2,14H2,1H3. The minimum Gasteiger partial charge on any atom is -0.481 e. The maximum Gasteiger partial charge on any atom is 0.344 e. The zero-order valence-corrected chi connectivity index (χ0v) is 16.6. The second kappa shape index (κ2) is 8.74. The molecule has 0 saturated heterocycles. The van der Waals surface area contributed by atoms with Crippen LogP contribution in [0.15, 0.2) is 66.9 Å². The van der Waals surface area contributed by atoms with Crippen LogP contribution in [0.3, 0.4) is 0 Å². The Labute approximate surface area is 177 Å². The average Bonchev–Trinajstić information content (AvgIpc) is 3.21. The number of hydrogen-bond acceptors (Lipinski definition) is 6.